The van der Waals surface area contributed by atoms with Gasteiger partial charge in [-0.15, -0.1) is 0 Å². The number of benzene rings is 1. The number of hydrogen-bond acceptors (Lipinski definition) is 5. The highest BCUT2D eigenvalue weighted by atomic mass is 79.9. The molecule has 150 valence electrons. The Kier molecular flexibility index (Phi) is 3.15. The zero-order valence-electron chi connectivity index (χ0n) is 16.1. The SMILES string of the molecule is Oc1ccc2c3c1O[C@H]1c4ncc(Br)cc4C[C@@]4(O)[C@H](C2)N(CC2CC2)CC[C@]314. The van der Waals surface area contributed by atoms with Gasteiger partial charge in [0, 0.05) is 35.2 Å². The van der Waals surface area contributed by atoms with Gasteiger partial charge in [0.15, 0.2) is 17.6 Å². The molecule has 29 heavy (non-hydrogen) atoms. The Bertz CT molecular complexity index is 1070. The summed E-state index contributed by atoms with van der Waals surface area (Å²) < 4.78 is 7.39. The van der Waals surface area contributed by atoms with Crippen LogP contribution in [-0.4, -0.2) is 44.8 Å². The van der Waals surface area contributed by atoms with Crippen molar-refractivity contribution in [2.45, 2.75) is 55.3 Å². The van der Waals surface area contributed by atoms with Gasteiger partial charge in [-0.25, -0.2) is 0 Å². The normalized spacial score (nSPS) is 36.3. The largest absolute Gasteiger partial charge is 0.504 e. The fourth-order valence-electron chi connectivity index (χ4n) is 6.81. The Balaban J connectivity index is 1.50. The predicted octanol–water partition coefficient (Wildman–Crippen LogP) is 3.25. The molecule has 1 aromatic carbocycles. The van der Waals surface area contributed by atoms with Crippen molar-refractivity contribution in [1.29, 1.82) is 0 Å². The quantitative estimate of drug-likeness (QED) is 0.728. The van der Waals surface area contributed by atoms with Crippen molar-refractivity contribution in [3.8, 4) is 11.5 Å². The van der Waals surface area contributed by atoms with E-state index in [2.05, 4.69) is 26.9 Å². The van der Waals surface area contributed by atoms with Crippen molar-refractivity contribution >= 4 is 15.9 Å². The molecule has 1 saturated carbocycles. The van der Waals surface area contributed by atoms with E-state index in [1.807, 2.05) is 12.3 Å². The van der Waals surface area contributed by atoms with Gasteiger partial charge in [0.1, 0.15) is 0 Å². The minimum Gasteiger partial charge on any atom is -0.504 e. The molecule has 3 aliphatic carbocycles. The summed E-state index contributed by atoms with van der Waals surface area (Å²) >= 11 is 3.55. The molecule has 2 fully saturated rings. The lowest BCUT2D eigenvalue weighted by Gasteiger charge is -2.62. The second-order valence-electron chi connectivity index (χ2n) is 9.62. The summed E-state index contributed by atoms with van der Waals surface area (Å²) in [7, 11) is 0. The highest BCUT2D eigenvalue weighted by Crippen LogP contribution is 2.68. The van der Waals surface area contributed by atoms with E-state index < -0.39 is 11.0 Å². The first-order chi connectivity index (χ1) is 14.0. The molecule has 1 aromatic heterocycles. The Morgan fingerprint density at radius 2 is 2.14 bits per heavy atom. The highest BCUT2D eigenvalue weighted by molar-refractivity contribution is 9.10. The van der Waals surface area contributed by atoms with Crippen molar-refractivity contribution in [3.05, 3.63) is 51.3 Å². The number of rotatable bonds is 2. The molecule has 3 heterocycles. The molecule has 2 aromatic rings. The molecular formula is C23H23BrN2O3. The summed E-state index contributed by atoms with van der Waals surface area (Å²) in [5, 5.41) is 23.1. The van der Waals surface area contributed by atoms with Crippen molar-refractivity contribution in [3.63, 3.8) is 0 Å². The van der Waals surface area contributed by atoms with Crippen LogP contribution in [-0.2, 0) is 18.3 Å². The van der Waals surface area contributed by atoms with Gasteiger partial charge in [-0.05, 0) is 77.3 Å². The monoisotopic (exact) mass is 454 g/mol. The van der Waals surface area contributed by atoms with Gasteiger partial charge in [-0.3, -0.25) is 9.88 Å². The van der Waals surface area contributed by atoms with Crippen LogP contribution in [0.5, 0.6) is 11.5 Å². The molecule has 4 atom stereocenters. The molecule has 2 N–H and O–H groups in total. The van der Waals surface area contributed by atoms with Gasteiger partial charge in [0.05, 0.1) is 16.7 Å². The average molecular weight is 455 g/mol. The van der Waals surface area contributed by atoms with Crippen molar-refractivity contribution in [2.75, 3.05) is 13.1 Å². The van der Waals surface area contributed by atoms with Gasteiger partial charge in [0.2, 0.25) is 0 Å². The first-order valence-electron chi connectivity index (χ1n) is 10.6. The number of piperidine rings is 1. The Morgan fingerprint density at radius 3 is 2.97 bits per heavy atom. The molecule has 0 radical (unpaired) electrons. The summed E-state index contributed by atoms with van der Waals surface area (Å²) in [6, 6.07) is 5.94. The number of aromatic nitrogens is 1. The van der Waals surface area contributed by atoms with Crippen LogP contribution in [0.15, 0.2) is 28.9 Å². The molecule has 0 amide bonds. The number of halogens is 1. The van der Waals surface area contributed by atoms with E-state index in [0.29, 0.717) is 12.2 Å². The fourth-order valence-corrected chi connectivity index (χ4v) is 7.19. The first kappa shape index (κ1) is 17.1. The van der Waals surface area contributed by atoms with Crippen molar-refractivity contribution in [1.82, 2.24) is 9.88 Å². The van der Waals surface area contributed by atoms with E-state index in [0.717, 1.165) is 53.1 Å². The van der Waals surface area contributed by atoms with Crippen LogP contribution >= 0.6 is 15.9 Å². The molecule has 0 unspecified atom stereocenters. The van der Waals surface area contributed by atoms with E-state index >= 15 is 0 Å². The number of pyridine rings is 1. The molecule has 2 aliphatic heterocycles. The molecule has 5 aliphatic rings. The van der Waals surface area contributed by atoms with Crippen LogP contribution in [0.1, 0.15) is 47.8 Å². The number of phenols is 1. The summed E-state index contributed by atoms with van der Waals surface area (Å²) in [5.74, 6) is 1.52. The maximum atomic E-state index is 12.5. The van der Waals surface area contributed by atoms with Gasteiger partial charge < -0.3 is 14.9 Å². The molecule has 5 nitrogen and oxygen atoms in total. The lowest BCUT2D eigenvalue weighted by molar-refractivity contribution is -0.173. The number of ether oxygens (including phenoxy) is 1. The maximum Gasteiger partial charge on any atom is 0.166 e. The Hall–Kier alpha value is -1.63. The van der Waals surface area contributed by atoms with Gasteiger partial charge >= 0.3 is 0 Å². The number of phenolic OH excluding ortho intramolecular Hbond substituents is 1. The number of hydrogen-bond donors (Lipinski definition) is 2. The van der Waals surface area contributed by atoms with Crippen LogP contribution in [0.25, 0.3) is 0 Å². The smallest absolute Gasteiger partial charge is 0.166 e. The molecule has 2 bridgehead atoms. The van der Waals surface area contributed by atoms with Gasteiger partial charge in [-0.2, -0.15) is 0 Å². The van der Waals surface area contributed by atoms with Crippen LogP contribution in [0.2, 0.25) is 0 Å². The van der Waals surface area contributed by atoms with E-state index in [-0.39, 0.29) is 17.9 Å². The number of aliphatic hydroxyl groups is 1. The fraction of sp³-hybridized carbons (Fsp3) is 0.522. The van der Waals surface area contributed by atoms with Crippen LogP contribution in [0.4, 0.5) is 0 Å². The van der Waals surface area contributed by atoms with Gasteiger partial charge in [0.25, 0.3) is 0 Å². The summed E-state index contributed by atoms with van der Waals surface area (Å²) in [4.78, 5) is 7.28. The minimum atomic E-state index is -0.924. The predicted molar refractivity (Wildman–Crippen MR) is 110 cm³/mol. The van der Waals surface area contributed by atoms with Gasteiger partial charge in [-0.1, -0.05) is 6.07 Å². The zero-order chi connectivity index (χ0) is 19.5. The number of aromatic hydroxyl groups is 1. The summed E-state index contributed by atoms with van der Waals surface area (Å²) in [6.45, 7) is 2.04. The Labute approximate surface area is 177 Å². The van der Waals surface area contributed by atoms with Crippen LogP contribution in [0.3, 0.4) is 0 Å². The van der Waals surface area contributed by atoms with Crippen molar-refractivity contribution < 1.29 is 14.9 Å². The average Bonchev–Trinajstić information content (AvgIpc) is 3.42. The summed E-state index contributed by atoms with van der Waals surface area (Å²) in [6.07, 6.45) is 6.31. The lowest BCUT2D eigenvalue weighted by Crippen LogP contribution is -2.74. The molecule has 1 saturated heterocycles. The maximum absolute atomic E-state index is 12.5. The number of fused-ring (bicyclic) bond motifs is 2. The molecule has 6 heteroatoms. The second-order valence-corrected chi connectivity index (χ2v) is 10.5. The van der Waals surface area contributed by atoms with E-state index in [1.165, 1.54) is 18.4 Å². The third-order valence-electron chi connectivity index (χ3n) is 8.19. The third-order valence-corrected chi connectivity index (χ3v) is 8.62. The first-order valence-corrected chi connectivity index (χ1v) is 11.4. The van der Waals surface area contributed by atoms with E-state index in [4.69, 9.17) is 9.72 Å². The van der Waals surface area contributed by atoms with Crippen LogP contribution in [0, 0.1) is 5.92 Å². The number of nitrogens with zero attached hydrogens (tertiary/aromatic N) is 2. The summed E-state index contributed by atoms with van der Waals surface area (Å²) in [5.41, 5.74) is 2.77. The topological polar surface area (TPSA) is 65.8 Å². The van der Waals surface area contributed by atoms with Crippen LogP contribution < -0.4 is 4.74 Å². The second kappa shape index (κ2) is 5.34. The molecule has 1 spiro atoms. The number of likely N-dealkylation sites (tertiary alicyclic amines) is 1. The molecule has 7 rings (SSSR count). The highest BCUT2D eigenvalue weighted by Gasteiger charge is 2.72. The minimum absolute atomic E-state index is 0.0677. The third kappa shape index (κ3) is 1.96. The van der Waals surface area contributed by atoms with Crippen molar-refractivity contribution in [2.24, 2.45) is 5.92 Å². The van der Waals surface area contributed by atoms with E-state index in [9.17, 15) is 10.2 Å². The van der Waals surface area contributed by atoms with E-state index in [1.54, 1.807) is 6.07 Å². The lowest BCUT2D eigenvalue weighted by atomic mass is 9.49. The standard InChI is InChI=1S/C23H23BrN2O3/c24-15-7-14-9-23(28)17-8-13-3-4-16(27)20-18(13)22(23,21(29-20)19(14)25-10-15)5-6-26(17)11-12-1-2-12/h3-4,7,10,12,17,21,27-28H,1-2,5-6,8-9,11H2/t17-,21-,22-,23+/m0/s1. The molecular weight excluding hydrogens is 432 g/mol. The zero-order valence-corrected chi connectivity index (χ0v) is 17.7. The Morgan fingerprint density at radius 1 is 1.28 bits per heavy atom.